The minimum absolute atomic E-state index is 0.0968. The van der Waals surface area contributed by atoms with Gasteiger partial charge in [-0.05, 0) is 56.4 Å². The Balaban J connectivity index is 1.57. The number of aryl methyl sites for hydroxylation is 3. The molecule has 0 aliphatic heterocycles. The third-order valence-electron chi connectivity index (χ3n) is 6.21. The van der Waals surface area contributed by atoms with E-state index in [9.17, 15) is 9.59 Å². The number of para-hydroxylation sites is 1. The number of anilines is 1. The van der Waals surface area contributed by atoms with E-state index in [0.717, 1.165) is 40.9 Å². The summed E-state index contributed by atoms with van der Waals surface area (Å²) in [6.07, 6.45) is 3.02. The molecular formula is C26H25N3O2S. The van der Waals surface area contributed by atoms with Gasteiger partial charge < -0.3 is 4.90 Å². The van der Waals surface area contributed by atoms with E-state index in [1.807, 2.05) is 67.6 Å². The molecule has 32 heavy (non-hydrogen) atoms. The molecule has 0 spiro atoms. The Morgan fingerprint density at radius 2 is 1.78 bits per heavy atom. The first-order valence-electron chi connectivity index (χ1n) is 11.0. The number of nitrogens with zero attached hydrogens (tertiary/aromatic N) is 3. The van der Waals surface area contributed by atoms with Gasteiger partial charge in [-0.2, -0.15) is 0 Å². The summed E-state index contributed by atoms with van der Waals surface area (Å²) in [5, 5.41) is 0.710. The molecule has 1 amide bonds. The predicted octanol–water partition coefficient (Wildman–Crippen LogP) is 5.05. The predicted molar refractivity (Wildman–Crippen MR) is 129 cm³/mol. The molecule has 2 heterocycles. The molecule has 4 aromatic rings. The topological polar surface area (TPSA) is 55.2 Å². The molecule has 1 unspecified atom stereocenters. The lowest BCUT2D eigenvalue weighted by Gasteiger charge is -2.27. The fourth-order valence-electron chi connectivity index (χ4n) is 4.62. The number of carbonyl (C=O) groups is 1. The van der Waals surface area contributed by atoms with Crippen LogP contribution < -0.4 is 10.5 Å². The normalized spacial score (nSPS) is 13.8. The fourth-order valence-corrected chi connectivity index (χ4v) is 5.92. The number of hydrogen-bond donors (Lipinski definition) is 0. The van der Waals surface area contributed by atoms with Gasteiger partial charge in [0.25, 0.3) is 5.56 Å². The third-order valence-corrected chi connectivity index (χ3v) is 7.40. The van der Waals surface area contributed by atoms with Crippen LogP contribution >= 0.6 is 11.3 Å². The highest BCUT2D eigenvalue weighted by Gasteiger charge is 2.29. The van der Waals surface area contributed by atoms with Crippen molar-refractivity contribution >= 4 is 33.1 Å². The first-order chi connectivity index (χ1) is 15.5. The van der Waals surface area contributed by atoms with Crippen molar-refractivity contribution in [2.75, 3.05) is 4.90 Å². The summed E-state index contributed by atoms with van der Waals surface area (Å²) in [5.41, 5.74) is 2.88. The van der Waals surface area contributed by atoms with Crippen LogP contribution in [0.2, 0.25) is 0 Å². The van der Waals surface area contributed by atoms with Crippen molar-refractivity contribution in [3.8, 4) is 0 Å². The van der Waals surface area contributed by atoms with Crippen LogP contribution in [0.15, 0.2) is 65.5 Å². The highest BCUT2D eigenvalue weighted by atomic mass is 32.1. The van der Waals surface area contributed by atoms with E-state index in [1.54, 1.807) is 27.7 Å². The van der Waals surface area contributed by atoms with Crippen LogP contribution in [0.5, 0.6) is 0 Å². The second-order valence-electron chi connectivity index (χ2n) is 8.29. The summed E-state index contributed by atoms with van der Waals surface area (Å²) in [7, 11) is 0. The van der Waals surface area contributed by atoms with Gasteiger partial charge in [0.1, 0.15) is 16.7 Å². The highest BCUT2D eigenvalue weighted by molar-refractivity contribution is 7.18. The van der Waals surface area contributed by atoms with Crippen LogP contribution in [0.25, 0.3) is 10.2 Å². The SMILES string of the molecule is Cc1nc2sc3c(c2c(=O)n1C(C)C(=O)N(Cc1ccccc1)c1ccccc1)CCC3. The number of amides is 1. The molecular weight excluding hydrogens is 418 g/mol. The molecule has 0 saturated heterocycles. The van der Waals surface area contributed by atoms with E-state index in [1.165, 1.54) is 4.88 Å². The third kappa shape index (κ3) is 3.54. The van der Waals surface area contributed by atoms with Crippen LogP contribution in [0.4, 0.5) is 5.69 Å². The smallest absolute Gasteiger partial charge is 0.263 e. The minimum atomic E-state index is -0.666. The summed E-state index contributed by atoms with van der Waals surface area (Å²) in [6, 6.07) is 18.9. The number of aromatic nitrogens is 2. The van der Waals surface area contributed by atoms with Crippen LogP contribution in [-0.4, -0.2) is 15.5 Å². The van der Waals surface area contributed by atoms with Gasteiger partial charge >= 0.3 is 0 Å². The van der Waals surface area contributed by atoms with Gasteiger partial charge in [-0.3, -0.25) is 14.2 Å². The summed E-state index contributed by atoms with van der Waals surface area (Å²) >= 11 is 1.63. The second kappa shape index (κ2) is 8.36. The van der Waals surface area contributed by atoms with E-state index in [-0.39, 0.29) is 11.5 Å². The largest absolute Gasteiger partial charge is 0.306 e. The molecule has 2 aromatic heterocycles. The van der Waals surface area contributed by atoms with Crippen LogP contribution in [0.1, 0.15) is 41.2 Å². The van der Waals surface area contributed by atoms with Gasteiger partial charge in [-0.15, -0.1) is 11.3 Å². The van der Waals surface area contributed by atoms with Gasteiger partial charge in [0, 0.05) is 10.6 Å². The maximum Gasteiger partial charge on any atom is 0.263 e. The zero-order chi connectivity index (χ0) is 22.2. The zero-order valence-corrected chi connectivity index (χ0v) is 19.1. The van der Waals surface area contributed by atoms with Gasteiger partial charge in [0.05, 0.1) is 11.9 Å². The van der Waals surface area contributed by atoms with Crippen LogP contribution in [-0.2, 0) is 24.2 Å². The molecule has 1 aliphatic rings. The van der Waals surface area contributed by atoms with Gasteiger partial charge in [0.15, 0.2) is 0 Å². The second-order valence-corrected chi connectivity index (χ2v) is 9.38. The molecule has 0 bridgehead atoms. The molecule has 2 aromatic carbocycles. The molecule has 1 atom stereocenters. The van der Waals surface area contributed by atoms with Crippen molar-refractivity contribution in [2.45, 2.75) is 45.7 Å². The van der Waals surface area contributed by atoms with Gasteiger partial charge in [0.2, 0.25) is 5.91 Å². The summed E-state index contributed by atoms with van der Waals surface area (Å²) in [4.78, 5) is 36.0. The Hall–Kier alpha value is -3.25. The van der Waals surface area contributed by atoms with Gasteiger partial charge in [-0.25, -0.2) is 4.98 Å². The summed E-state index contributed by atoms with van der Waals surface area (Å²) < 4.78 is 1.58. The van der Waals surface area contributed by atoms with E-state index >= 15 is 0 Å². The maximum absolute atomic E-state index is 13.8. The molecule has 5 rings (SSSR count). The van der Waals surface area contributed by atoms with E-state index in [0.29, 0.717) is 17.8 Å². The number of benzene rings is 2. The maximum atomic E-state index is 13.8. The van der Waals surface area contributed by atoms with Crippen molar-refractivity contribution in [1.82, 2.24) is 9.55 Å². The van der Waals surface area contributed by atoms with Crippen molar-refractivity contribution in [3.05, 3.63) is 92.8 Å². The van der Waals surface area contributed by atoms with Crippen LogP contribution in [0, 0.1) is 6.92 Å². The molecule has 5 nitrogen and oxygen atoms in total. The fraction of sp³-hybridized carbons (Fsp3) is 0.269. The standard InChI is InChI=1S/C26H25N3O2S/c1-17(29-18(2)27-24-23(26(29)31)21-14-9-15-22(21)32-24)25(30)28(20-12-7-4-8-13-20)16-19-10-5-3-6-11-19/h3-8,10-13,17H,9,14-16H2,1-2H3. The van der Waals surface area contributed by atoms with E-state index in [2.05, 4.69) is 0 Å². The quantitative estimate of drug-likeness (QED) is 0.434. The number of carbonyl (C=O) groups excluding carboxylic acids is 1. The Morgan fingerprint density at radius 1 is 1.09 bits per heavy atom. The molecule has 0 radical (unpaired) electrons. The lowest BCUT2D eigenvalue weighted by atomic mass is 10.1. The Labute approximate surface area is 191 Å². The van der Waals surface area contributed by atoms with Crippen molar-refractivity contribution in [2.24, 2.45) is 0 Å². The zero-order valence-electron chi connectivity index (χ0n) is 18.2. The summed E-state index contributed by atoms with van der Waals surface area (Å²) in [6.45, 7) is 4.06. The molecule has 0 fully saturated rings. The van der Waals surface area contributed by atoms with Crippen molar-refractivity contribution in [1.29, 1.82) is 0 Å². The minimum Gasteiger partial charge on any atom is -0.306 e. The Bertz CT molecular complexity index is 1340. The molecule has 0 saturated carbocycles. The highest BCUT2D eigenvalue weighted by Crippen LogP contribution is 2.35. The monoisotopic (exact) mass is 443 g/mol. The number of rotatable bonds is 5. The van der Waals surface area contributed by atoms with Crippen LogP contribution in [0.3, 0.4) is 0 Å². The number of thiophene rings is 1. The molecule has 1 aliphatic carbocycles. The Morgan fingerprint density at radius 3 is 2.50 bits per heavy atom. The first-order valence-corrected chi connectivity index (χ1v) is 11.8. The average molecular weight is 444 g/mol. The molecule has 162 valence electrons. The number of hydrogen-bond acceptors (Lipinski definition) is 4. The average Bonchev–Trinajstić information content (AvgIpc) is 3.39. The van der Waals surface area contributed by atoms with Crippen molar-refractivity contribution in [3.63, 3.8) is 0 Å². The van der Waals surface area contributed by atoms with Gasteiger partial charge in [-0.1, -0.05) is 48.5 Å². The number of fused-ring (bicyclic) bond motifs is 3. The molecule has 6 heteroatoms. The lowest BCUT2D eigenvalue weighted by molar-refractivity contribution is -0.121. The summed E-state index contributed by atoms with van der Waals surface area (Å²) in [5.74, 6) is 0.453. The van der Waals surface area contributed by atoms with Crippen molar-refractivity contribution < 1.29 is 4.79 Å². The van der Waals surface area contributed by atoms with E-state index in [4.69, 9.17) is 4.98 Å². The first kappa shape index (κ1) is 20.6. The lowest BCUT2D eigenvalue weighted by Crippen LogP contribution is -2.40. The Kier molecular flexibility index (Phi) is 5.39. The molecule has 0 N–H and O–H groups in total. The van der Waals surface area contributed by atoms with E-state index < -0.39 is 6.04 Å².